The Morgan fingerprint density at radius 1 is 1.17 bits per heavy atom. The van der Waals surface area contributed by atoms with Crippen molar-refractivity contribution in [2.45, 2.75) is 57.5 Å². The molecule has 1 saturated carbocycles. The Balaban J connectivity index is 1.42. The largest absolute Gasteiger partial charge is 0.324 e. The third kappa shape index (κ3) is 3.61. The highest BCUT2D eigenvalue weighted by atomic mass is 19.1. The van der Waals surface area contributed by atoms with Gasteiger partial charge in [0.1, 0.15) is 12.1 Å². The molecule has 2 N–H and O–H groups in total. The zero-order chi connectivity index (χ0) is 25.1. The van der Waals surface area contributed by atoms with Crippen molar-refractivity contribution in [2.24, 2.45) is 0 Å². The highest BCUT2D eigenvalue weighted by Gasteiger charge is 2.46. The number of rotatable bonds is 6. The number of hydrogen-bond donors (Lipinski definition) is 2. The summed E-state index contributed by atoms with van der Waals surface area (Å²) in [6.45, 7) is 7.22. The molecule has 1 fully saturated rings. The summed E-state index contributed by atoms with van der Waals surface area (Å²) in [6, 6.07) is 11.9. The first-order valence-electron chi connectivity index (χ1n) is 12.5. The van der Waals surface area contributed by atoms with Crippen LogP contribution < -0.4 is 16.2 Å². The van der Waals surface area contributed by atoms with E-state index >= 15 is 0 Å². The maximum Gasteiger partial charge on any atom is 0.278 e. The highest BCUT2D eigenvalue weighted by molar-refractivity contribution is 5.77. The van der Waals surface area contributed by atoms with Crippen molar-refractivity contribution in [1.82, 2.24) is 29.6 Å². The third-order valence-electron chi connectivity index (χ3n) is 7.58. The lowest BCUT2D eigenvalue weighted by atomic mass is 9.85. The molecular weight excluding hydrogens is 457 g/mol. The molecule has 186 valence electrons. The number of halogens is 1. The number of nitrogens with zero attached hydrogens (tertiary/aromatic N) is 5. The highest BCUT2D eigenvalue weighted by Crippen LogP contribution is 2.47. The molecule has 1 aliphatic carbocycles. The molecule has 0 radical (unpaired) electrons. The molecule has 8 nitrogen and oxygen atoms in total. The second-order valence-electron chi connectivity index (χ2n) is 10.4. The SMILES string of the molecule is CCn1c(=O)c2cnc(Nc3ccc4c(c3)CCNC4(C)C)nc2n1-c1cccc(C2(CF)CC2)n1. The van der Waals surface area contributed by atoms with Gasteiger partial charge in [-0.25, -0.2) is 19.3 Å². The first kappa shape index (κ1) is 22.8. The topological polar surface area (TPSA) is 89.7 Å². The van der Waals surface area contributed by atoms with Crippen molar-refractivity contribution in [3.8, 4) is 5.82 Å². The summed E-state index contributed by atoms with van der Waals surface area (Å²) in [7, 11) is 0. The lowest BCUT2D eigenvalue weighted by Crippen LogP contribution is -2.42. The van der Waals surface area contributed by atoms with E-state index in [0.717, 1.165) is 37.2 Å². The number of anilines is 2. The molecule has 0 bridgehead atoms. The Morgan fingerprint density at radius 2 is 2.00 bits per heavy atom. The van der Waals surface area contributed by atoms with Crippen molar-refractivity contribution < 1.29 is 4.39 Å². The average Bonchev–Trinajstić information content (AvgIpc) is 3.63. The van der Waals surface area contributed by atoms with Crippen LogP contribution in [0.1, 0.15) is 50.4 Å². The average molecular weight is 488 g/mol. The fraction of sp³-hybridized carbons (Fsp3) is 0.407. The van der Waals surface area contributed by atoms with Crippen molar-refractivity contribution in [2.75, 3.05) is 18.5 Å². The molecule has 1 aromatic carbocycles. The van der Waals surface area contributed by atoms with Gasteiger partial charge in [-0.1, -0.05) is 12.1 Å². The van der Waals surface area contributed by atoms with Gasteiger partial charge in [-0.15, -0.1) is 0 Å². The monoisotopic (exact) mass is 487 g/mol. The Hall–Kier alpha value is -3.59. The van der Waals surface area contributed by atoms with Crippen LogP contribution in [0.4, 0.5) is 16.0 Å². The summed E-state index contributed by atoms with van der Waals surface area (Å²) < 4.78 is 17.1. The standard InChI is InChI=1S/C27H30FN7O/c1-4-34-24(36)19-15-29-25(31-18-8-9-20-17(14-18)10-13-30-26(20,2)3)33-23(19)35(34)22-7-5-6-21(32-22)27(16-28)11-12-27/h5-9,14-15,30H,4,10-13,16H2,1-3H3,(H,29,31,33). The number of nitrogens with one attached hydrogen (secondary N) is 2. The van der Waals surface area contributed by atoms with Gasteiger partial charge in [-0.3, -0.25) is 9.18 Å². The number of alkyl halides is 1. The van der Waals surface area contributed by atoms with Gasteiger partial charge in [0.05, 0.1) is 5.69 Å². The maximum absolute atomic E-state index is 13.7. The Bertz CT molecular complexity index is 1530. The fourth-order valence-corrected chi connectivity index (χ4v) is 5.27. The third-order valence-corrected chi connectivity index (χ3v) is 7.58. The minimum Gasteiger partial charge on any atom is -0.324 e. The molecule has 0 spiro atoms. The van der Waals surface area contributed by atoms with Crippen molar-refractivity contribution in [1.29, 1.82) is 0 Å². The molecular formula is C27H30FN7O. The molecule has 0 amide bonds. The molecule has 0 saturated heterocycles. The Labute approximate surface area is 208 Å². The number of hydrogen-bond acceptors (Lipinski definition) is 6. The van der Waals surface area contributed by atoms with Crippen LogP contribution in [-0.2, 0) is 23.9 Å². The predicted molar refractivity (Wildman–Crippen MR) is 138 cm³/mol. The summed E-state index contributed by atoms with van der Waals surface area (Å²) >= 11 is 0. The zero-order valence-corrected chi connectivity index (χ0v) is 20.8. The Morgan fingerprint density at radius 3 is 2.75 bits per heavy atom. The van der Waals surface area contributed by atoms with Gasteiger partial charge in [-0.05, 0) is 82.0 Å². The summed E-state index contributed by atoms with van der Waals surface area (Å²) in [4.78, 5) is 27.1. The van der Waals surface area contributed by atoms with Crippen LogP contribution in [0.5, 0.6) is 0 Å². The van der Waals surface area contributed by atoms with Gasteiger partial charge in [0.2, 0.25) is 5.95 Å². The van der Waals surface area contributed by atoms with E-state index in [9.17, 15) is 9.18 Å². The lowest BCUT2D eigenvalue weighted by Gasteiger charge is -2.34. The van der Waals surface area contributed by atoms with E-state index in [-0.39, 0.29) is 11.1 Å². The Kier molecular flexibility index (Phi) is 5.22. The summed E-state index contributed by atoms with van der Waals surface area (Å²) in [5.41, 5.74) is 3.93. The predicted octanol–water partition coefficient (Wildman–Crippen LogP) is 4.12. The van der Waals surface area contributed by atoms with Crippen molar-refractivity contribution in [3.05, 3.63) is 69.8 Å². The summed E-state index contributed by atoms with van der Waals surface area (Å²) in [5, 5.41) is 7.29. The van der Waals surface area contributed by atoms with Crippen LogP contribution in [0.15, 0.2) is 47.4 Å². The summed E-state index contributed by atoms with van der Waals surface area (Å²) in [6.07, 6.45) is 4.10. The number of aromatic nitrogens is 5. The van der Waals surface area contributed by atoms with E-state index < -0.39 is 12.1 Å². The quantitative estimate of drug-likeness (QED) is 0.425. The molecule has 3 aromatic heterocycles. The molecule has 4 heterocycles. The minimum absolute atomic E-state index is 0.0661. The van der Waals surface area contributed by atoms with E-state index in [1.807, 2.05) is 31.2 Å². The van der Waals surface area contributed by atoms with Crippen LogP contribution in [-0.4, -0.2) is 37.5 Å². The van der Waals surface area contributed by atoms with Crippen LogP contribution in [0.3, 0.4) is 0 Å². The van der Waals surface area contributed by atoms with Crippen LogP contribution >= 0.6 is 0 Å². The van der Waals surface area contributed by atoms with Crippen molar-refractivity contribution in [3.63, 3.8) is 0 Å². The summed E-state index contributed by atoms with van der Waals surface area (Å²) in [5.74, 6) is 0.950. The van der Waals surface area contributed by atoms with Crippen LogP contribution in [0.25, 0.3) is 16.9 Å². The molecule has 4 aromatic rings. The van der Waals surface area contributed by atoms with Gasteiger partial charge in [0, 0.05) is 29.4 Å². The van der Waals surface area contributed by atoms with Crippen LogP contribution in [0.2, 0.25) is 0 Å². The van der Waals surface area contributed by atoms with Gasteiger partial charge < -0.3 is 10.6 Å². The smallest absolute Gasteiger partial charge is 0.278 e. The first-order chi connectivity index (χ1) is 17.3. The molecule has 36 heavy (non-hydrogen) atoms. The fourth-order valence-electron chi connectivity index (χ4n) is 5.27. The molecule has 0 unspecified atom stereocenters. The van der Waals surface area contributed by atoms with E-state index in [2.05, 4.69) is 41.6 Å². The normalized spacial score (nSPS) is 17.7. The van der Waals surface area contributed by atoms with E-state index in [0.29, 0.717) is 29.3 Å². The maximum atomic E-state index is 13.7. The molecule has 1 aliphatic heterocycles. The molecule has 0 atom stereocenters. The van der Waals surface area contributed by atoms with E-state index in [1.165, 1.54) is 11.1 Å². The number of benzene rings is 1. The number of fused-ring (bicyclic) bond motifs is 2. The number of pyridine rings is 1. The molecule has 9 heteroatoms. The van der Waals surface area contributed by atoms with Gasteiger partial charge in [0.25, 0.3) is 5.56 Å². The second-order valence-corrected chi connectivity index (χ2v) is 10.4. The molecule has 6 rings (SSSR count). The van der Waals surface area contributed by atoms with Crippen LogP contribution in [0, 0.1) is 0 Å². The first-order valence-corrected chi connectivity index (χ1v) is 12.5. The van der Waals surface area contributed by atoms with E-state index in [4.69, 9.17) is 9.97 Å². The zero-order valence-electron chi connectivity index (χ0n) is 20.8. The second kappa shape index (κ2) is 8.23. The van der Waals surface area contributed by atoms with Gasteiger partial charge >= 0.3 is 0 Å². The van der Waals surface area contributed by atoms with Crippen molar-refractivity contribution >= 4 is 22.7 Å². The van der Waals surface area contributed by atoms with E-state index in [1.54, 1.807) is 15.6 Å². The molecule has 2 aliphatic rings. The van der Waals surface area contributed by atoms with Gasteiger partial charge in [0.15, 0.2) is 11.5 Å². The minimum atomic E-state index is -0.492. The lowest BCUT2D eigenvalue weighted by molar-refractivity contribution is 0.382. The van der Waals surface area contributed by atoms with Gasteiger partial charge in [-0.2, -0.15) is 4.98 Å².